The summed E-state index contributed by atoms with van der Waals surface area (Å²) in [6.45, 7) is 2.26. The van der Waals surface area contributed by atoms with Crippen LogP contribution in [0.15, 0.2) is 11.6 Å². The second-order valence-corrected chi connectivity index (χ2v) is 6.47. The van der Waals surface area contributed by atoms with Gasteiger partial charge in [0.05, 0.1) is 24.4 Å². The third-order valence-corrected chi connectivity index (χ3v) is 5.29. The van der Waals surface area contributed by atoms with Crippen molar-refractivity contribution in [1.82, 2.24) is 9.38 Å². The van der Waals surface area contributed by atoms with Gasteiger partial charge in [0.25, 0.3) is 0 Å². The van der Waals surface area contributed by atoms with E-state index in [9.17, 15) is 0 Å². The Labute approximate surface area is 122 Å². The number of hydrogen-bond donors (Lipinski definition) is 1. The third kappa shape index (κ3) is 1.86. The molecule has 1 aliphatic carbocycles. The molecule has 4 rings (SSSR count). The molecule has 0 amide bonds. The lowest BCUT2D eigenvalue weighted by molar-refractivity contribution is -0.00901. The van der Waals surface area contributed by atoms with Crippen molar-refractivity contribution in [3.63, 3.8) is 0 Å². The molecule has 2 unspecified atom stereocenters. The van der Waals surface area contributed by atoms with Gasteiger partial charge in [0.1, 0.15) is 0 Å². The zero-order valence-electron chi connectivity index (χ0n) is 11.5. The molecule has 2 aromatic rings. The van der Waals surface area contributed by atoms with E-state index in [0.717, 1.165) is 29.6 Å². The van der Waals surface area contributed by atoms with Crippen molar-refractivity contribution >= 4 is 22.1 Å². The molecule has 0 aromatic carbocycles. The summed E-state index contributed by atoms with van der Waals surface area (Å²) in [7, 11) is 0. The number of nitrogens with zero attached hydrogens (tertiary/aromatic N) is 3. The van der Waals surface area contributed by atoms with E-state index >= 15 is 0 Å². The van der Waals surface area contributed by atoms with Gasteiger partial charge in [-0.15, -0.1) is 11.3 Å². The van der Waals surface area contributed by atoms with Crippen LogP contribution < -0.4 is 10.6 Å². The van der Waals surface area contributed by atoms with E-state index in [2.05, 4.69) is 20.9 Å². The molecule has 1 saturated heterocycles. The molecule has 6 heteroatoms. The van der Waals surface area contributed by atoms with Crippen LogP contribution in [0.5, 0.6) is 0 Å². The zero-order chi connectivity index (χ0) is 13.5. The lowest BCUT2D eigenvalue weighted by atomic mass is 9.90. The maximum atomic E-state index is 5.98. The highest BCUT2D eigenvalue weighted by molar-refractivity contribution is 7.15. The van der Waals surface area contributed by atoms with E-state index in [1.165, 1.54) is 25.7 Å². The smallest absolute Gasteiger partial charge is 0.195 e. The van der Waals surface area contributed by atoms with Crippen LogP contribution in [0, 0.1) is 0 Å². The van der Waals surface area contributed by atoms with Crippen LogP contribution in [-0.2, 0) is 11.3 Å². The van der Waals surface area contributed by atoms with E-state index in [-0.39, 0.29) is 0 Å². The lowest BCUT2D eigenvalue weighted by Gasteiger charge is -2.44. The standard InChI is InChI=1S/C14H20N4OS/c15-9-11-13(16-14-18(11)6-8-20-14)17-5-7-19-12-4-2-1-3-10(12)17/h6,8,10,12H,1-5,7,9,15H2. The van der Waals surface area contributed by atoms with Crippen molar-refractivity contribution in [1.29, 1.82) is 0 Å². The largest absolute Gasteiger partial charge is 0.374 e. The van der Waals surface area contributed by atoms with E-state index in [4.69, 9.17) is 15.5 Å². The van der Waals surface area contributed by atoms with Gasteiger partial charge in [0.2, 0.25) is 0 Å². The first-order valence-corrected chi connectivity index (χ1v) is 8.29. The van der Waals surface area contributed by atoms with Crippen molar-refractivity contribution in [2.24, 2.45) is 5.73 Å². The molecule has 20 heavy (non-hydrogen) atoms. The molecule has 0 radical (unpaired) electrons. The summed E-state index contributed by atoms with van der Waals surface area (Å²) in [5.74, 6) is 1.08. The zero-order valence-corrected chi connectivity index (χ0v) is 12.3. The fourth-order valence-corrected chi connectivity index (χ4v) is 4.33. The van der Waals surface area contributed by atoms with E-state index < -0.39 is 0 Å². The number of thiazole rings is 1. The van der Waals surface area contributed by atoms with Crippen LogP contribution in [0.4, 0.5) is 5.82 Å². The quantitative estimate of drug-likeness (QED) is 0.920. The fourth-order valence-electron chi connectivity index (χ4n) is 3.60. The first-order chi connectivity index (χ1) is 9.88. The number of anilines is 1. The number of ether oxygens (including phenoxy) is 1. The van der Waals surface area contributed by atoms with Gasteiger partial charge in [0.15, 0.2) is 10.8 Å². The molecule has 2 N–H and O–H groups in total. The second-order valence-electron chi connectivity index (χ2n) is 5.60. The summed E-state index contributed by atoms with van der Waals surface area (Å²) in [6.07, 6.45) is 7.42. The molecule has 108 valence electrons. The SMILES string of the molecule is NCc1c(N2CCOC3CCCCC32)nc2sccn12. The first-order valence-electron chi connectivity index (χ1n) is 7.41. The Bertz CT molecular complexity index is 605. The summed E-state index contributed by atoms with van der Waals surface area (Å²) in [6, 6.07) is 0.479. The first kappa shape index (κ1) is 12.6. The molecule has 0 spiro atoms. The van der Waals surface area contributed by atoms with Crippen molar-refractivity contribution in [3.8, 4) is 0 Å². The molecule has 2 fully saturated rings. The maximum absolute atomic E-state index is 5.98. The predicted octanol–water partition coefficient (Wildman–Crippen LogP) is 2.00. The average Bonchev–Trinajstić information content (AvgIpc) is 3.06. The molecule has 1 aliphatic heterocycles. The molecule has 3 heterocycles. The number of fused-ring (bicyclic) bond motifs is 2. The Morgan fingerprint density at radius 3 is 3.20 bits per heavy atom. The Balaban J connectivity index is 1.74. The summed E-state index contributed by atoms with van der Waals surface area (Å²) >= 11 is 1.67. The van der Waals surface area contributed by atoms with Gasteiger partial charge in [-0.1, -0.05) is 12.8 Å². The van der Waals surface area contributed by atoms with Gasteiger partial charge < -0.3 is 15.4 Å². The minimum Gasteiger partial charge on any atom is -0.374 e. The van der Waals surface area contributed by atoms with Crippen LogP contribution >= 0.6 is 11.3 Å². The molecule has 0 bridgehead atoms. The molecule has 1 saturated carbocycles. The minimum atomic E-state index is 0.378. The topological polar surface area (TPSA) is 55.8 Å². The van der Waals surface area contributed by atoms with E-state index in [1.54, 1.807) is 11.3 Å². The van der Waals surface area contributed by atoms with Crippen LogP contribution in [0.1, 0.15) is 31.4 Å². The van der Waals surface area contributed by atoms with Crippen molar-refractivity contribution in [2.75, 3.05) is 18.1 Å². The van der Waals surface area contributed by atoms with E-state index in [0.29, 0.717) is 18.7 Å². The summed E-state index contributed by atoms with van der Waals surface area (Å²) < 4.78 is 8.09. The number of hydrogen-bond acceptors (Lipinski definition) is 5. The lowest BCUT2D eigenvalue weighted by Crippen LogP contribution is -2.53. The minimum absolute atomic E-state index is 0.378. The Kier molecular flexibility index (Phi) is 3.17. The number of rotatable bonds is 2. The van der Waals surface area contributed by atoms with Crippen LogP contribution in [0.3, 0.4) is 0 Å². The highest BCUT2D eigenvalue weighted by Gasteiger charge is 2.36. The highest BCUT2D eigenvalue weighted by atomic mass is 32.1. The van der Waals surface area contributed by atoms with Gasteiger partial charge in [-0.25, -0.2) is 4.98 Å². The maximum Gasteiger partial charge on any atom is 0.195 e. The van der Waals surface area contributed by atoms with Gasteiger partial charge in [0, 0.05) is 24.7 Å². The van der Waals surface area contributed by atoms with Crippen molar-refractivity contribution in [2.45, 2.75) is 44.4 Å². The van der Waals surface area contributed by atoms with E-state index in [1.807, 2.05) is 0 Å². The Hall–Kier alpha value is -1.11. The van der Waals surface area contributed by atoms with Gasteiger partial charge in [-0.2, -0.15) is 0 Å². The molecule has 2 aromatic heterocycles. The number of morpholine rings is 1. The molecule has 2 atom stereocenters. The second kappa shape index (κ2) is 5.02. The molecule has 2 aliphatic rings. The number of nitrogens with two attached hydrogens (primary N) is 1. The van der Waals surface area contributed by atoms with Gasteiger partial charge in [-0.05, 0) is 12.8 Å². The summed E-state index contributed by atoms with van der Waals surface area (Å²) in [5, 5.41) is 2.06. The molecular weight excluding hydrogens is 272 g/mol. The van der Waals surface area contributed by atoms with Gasteiger partial charge in [-0.3, -0.25) is 4.40 Å². The Morgan fingerprint density at radius 1 is 1.40 bits per heavy atom. The van der Waals surface area contributed by atoms with Crippen molar-refractivity contribution < 1.29 is 4.74 Å². The average molecular weight is 292 g/mol. The van der Waals surface area contributed by atoms with Crippen LogP contribution in [-0.4, -0.2) is 34.7 Å². The predicted molar refractivity (Wildman–Crippen MR) is 80.3 cm³/mol. The molecule has 5 nitrogen and oxygen atoms in total. The van der Waals surface area contributed by atoms with Crippen molar-refractivity contribution in [3.05, 3.63) is 17.3 Å². The number of imidazole rings is 1. The van der Waals surface area contributed by atoms with Gasteiger partial charge >= 0.3 is 0 Å². The Morgan fingerprint density at radius 2 is 2.30 bits per heavy atom. The van der Waals surface area contributed by atoms with Crippen LogP contribution in [0.2, 0.25) is 0 Å². The highest BCUT2D eigenvalue weighted by Crippen LogP contribution is 2.34. The fraction of sp³-hybridized carbons (Fsp3) is 0.643. The normalized spacial score (nSPS) is 26.9. The van der Waals surface area contributed by atoms with Crippen LogP contribution in [0.25, 0.3) is 4.96 Å². The third-order valence-electron chi connectivity index (χ3n) is 4.54. The summed E-state index contributed by atoms with van der Waals surface area (Å²) in [5.41, 5.74) is 7.11. The molecular formula is C14H20N4OS. The summed E-state index contributed by atoms with van der Waals surface area (Å²) in [4.78, 5) is 8.32. The monoisotopic (exact) mass is 292 g/mol. The number of aromatic nitrogens is 2.